The van der Waals surface area contributed by atoms with E-state index in [1.807, 2.05) is 54.6 Å². The van der Waals surface area contributed by atoms with Crippen molar-refractivity contribution >= 4 is 0 Å². The van der Waals surface area contributed by atoms with Crippen molar-refractivity contribution in [3.63, 3.8) is 0 Å². The molecular weight excluding hydrogens is 316 g/mol. The Morgan fingerprint density at radius 3 is 2.80 bits per heavy atom. The lowest BCUT2D eigenvalue weighted by atomic mass is 10.2. The molecule has 2 aromatic carbocycles. The molecule has 2 heterocycles. The van der Waals surface area contributed by atoms with E-state index in [4.69, 9.17) is 9.26 Å². The molecule has 6 heteroatoms. The first kappa shape index (κ1) is 15.8. The summed E-state index contributed by atoms with van der Waals surface area (Å²) in [7, 11) is 2.08. The van der Waals surface area contributed by atoms with Crippen molar-refractivity contribution in [3.8, 4) is 23.0 Å². The largest absolute Gasteiger partial charge is 0.457 e. The molecule has 1 aromatic heterocycles. The Labute approximate surface area is 146 Å². The minimum Gasteiger partial charge on any atom is -0.457 e. The molecule has 3 aromatic rings. The fourth-order valence-electron chi connectivity index (χ4n) is 2.90. The number of hydrogen-bond acceptors (Lipinski definition) is 6. The standard InChI is InChI=1S/C19H20N4O2/c1-23-11-10-20-13-17(23)18-21-19(25-22-18)14-6-5-9-16(12-14)24-15-7-3-2-4-8-15/h2-9,12,17,20H,10-11,13H2,1H3. The fraction of sp³-hybridized carbons (Fsp3) is 0.263. The van der Waals surface area contributed by atoms with E-state index >= 15 is 0 Å². The van der Waals surface area contributed by atoms with E-state index in [0.29, 0.717) is 11.7 Å². The molecule has 0 saturated carbocycles. The summed E-state index contributed by atoms with van der Waals surface area (Å²) < 4.78 is 11.4. The average molecular weight is 336 g/mol. The van der Waals surface area contributed by atoms with Crippen LogP contribution in [0.3, 0.4) is 0 Å². The number of nitrogens with zero attached hydrogens (tertiary/aromatic N) is 3. The lowest BCUT2D eigenvalue weighted by Crippen LogP contribution is -2.44. The molecule has 1 N–H and O–H groups in total. The number of para-hydroxylation sites is 1. The summed E-state index contributed by atoms with van der Waals surface area (Å²) in [6.45, 7) is 2.78. The van der Waals surface area contributed by atoms with Gasteiger partial charge in [0.1, 0.15) is 11.5 Å². The summed E-state index contributed by atoms with van der Waals surface area (Å²) in [4.78, 5) is 6.82. The van der Waals surface area contributed by atoms with E-state index in [-0.39, 0.29) is 6.04 Å². The van der Waals surface area contributed by atoms with E-state index in [0.717, 1.165) is 36.7 Å². The molecular formula is C19H20N4O2. The number of rotatable bonds is 4. The molecule has 0 amide bonds. The Morgan fingerprint density at radius 2 is 1.96 bits per heavy atom. The Bertz CT molecular complexity index is 834. The Kier molecular flexibility index (Phi) is 4.45. The lowest BCUT2D eigenvalue weighted by Gasteiger charge is -2.30. The highest BCUT2D eigenvalue weighted by Crippen LogP contribution is 2.27. The number of aromatic nitrogens is 2. The highest BCUT2D eigenvalue weighted by molar-refractivity contribution is 5.56. The molecule has 25 heavy (non-hydrogen) atoms. The van der Waals surface area contributed by atoms with Gasteiger partial charge in [-0.1, -0.05) is 29.4 Å². The number of ether oxygens (including phenoxy) is 1. The van der Waals surface area contributed by atoms with Crippen LogP contribution in [-0.2, 0) is 0 Å². The topological polar surface area (TPSA) is 63.4 Å². The maximum atomic E-state index is 5.87. The van der Waals surface area contributed by atoms with Gasteiger partial charge in [0.2, 0.25) is 0 Å². The summed E-state index contributed by atoms with van der Waals surface area (Å²) in [6, 6.07) is 17.5. The van der Waals surface area contributed by atoms with Gasteiger partial charge < -0.3 is 14.6 Å². The maximum Gasteiger partial charge on any atom is 0.258 e. The first-order valence-electron chi connectivity index (χ1n) is 8.37. The highest BCUT2D eigenvalue weighted by Gasteiger charge is 2.25. The second kappa shape index (κ2) is 7.04. The Morgan fingerprint density at radius 1 is 1.12 bits per heavy atom. The summed E-state index contributed by atoms with van der Waals surface area (Å²) in [5.74, 6) is 2.74. The monoisotopic (exact) mass is 336 g/mol. The number of benzene rings is 2. The zero-order chi connectivity index (χ0) is 17.1. The second-order valence-electron chi connectivity index (χ2n) is 6.10. The van der Waals surface area contributed by atoms with Gasteiger partial charge in [0.05, 0.1) is 6.04 Å². The summed E-state index contributed by atoms with van der Waals surface area (Å²) in [5, 5.41) is 7.54. The van der Waals surface area contributed by atoms with Crippen LogP contribution in [0.15, 0.2) is 59.1 Å². The predicted molar refractivity (Wildman–Crippen MR) is 94.5 cm³/mol. The maximum absolute atomic E-state index is 5.87. The summed E-state index contributed by atoms with van der Waals surface area (Å²) in [6.07, 6.45) is 0. The SMILES string of the molecule is CN1CCNCC1c1noc(-c2cccc(Oc3ccccc3)c2)n1. The van der Waals surface area contributed by atoms with Crippen molar-refractivity contribution in [2.24, 2.45) is 0 Å². The molecule has 0 radical (unpaired) electrons. The predicted octanol–water partition coefficient (Wildman–Crippen LogP) is 3.11. The van der Waals surface area contributed by atoms with E-state index in [1.165, 1.54) is 0 Å². The van der Waals surface area contributed by atoms with Crippen LogP contribution < -0.4 is 10.1 Å². The Hall–Kier alpha value is -2.70. The summed E-state index contributed by atoms with van der Waals surface area (Å²) >= 11 is 0. The van der Waals surface area contributed by atoms with Crippen LogP contribution in [0.5, 0.6) is 11.5 Å². The van der Waals surface area contributed by atoms with Crippen molar-refractivity contribution in [2.75, 3.05) is 26.7 Å². The van der Waals surface area contributed by atoms with Gasteiger partial charge >= 0.3 is 0 Å². The summed E-state index contributed by atoms with van der Waals surface area (Å²) in [5.41, 5.74) is 0.846. The van der Waals surface area contributed by atoms with Crippen molar-refractivity contribution in [1.82, 2.24) is 20.4 Å². The molecule has 1 fully saturated rings. The van der Waals surface area contributed by atoms with Gasteiger partial charge in [0.25, 0.3) is 5.89 Å². The van der Waals surface area contributed by atoms with Gasteiger partial charge in [-0.15, -0.1) is 0 Å². The molecule has 4 rings (SSSR count). The van der Waals surface area contributed by atoms with Gasteiger partial charge in [-0.25, -0.2) is 0 Å². The minimum absolute atomic E-state index is 0.134. The van der Waals surface area contributed by atoms with Gasteiger partial charge in [-0.3, -0.25) is 4.90 Å². The third-order valence-electron chi connectivity index (χ3n) is 4.31. The fourth-order valence-corrected chi connectivity index (χ4v) is 2.90. The molecule has 128 valence electrons. The molecule has 1 unspecified atom stereocenters. The van der Waals surface area contributed by atoms with Gasteiger partial charge in [0.15, 0.2) is 5.82 Å². The number of nitrogens with one attached hydrogen (secondary N) is 1. The third kappa shape index (κ3) is 3.55. The van der Waals surface area contributed by atoms with Crippen LogP contribution in [-0.4, -0.2) is 41.7 Å². The highest BCUT2D eigenvalue weighted by atomic mass is 16.5. The molecule has 1 atom stereocenters. The normalized spacial score (nSPS) is 18.2. The smallest absolute Gasteiger partial charge is 0.258 e. The van der Waals surface area contributed by atoms with Gasteiger partial charge in [0, 0.05) is 25.2 Å². The van der Waals surface area contributed by atoms with Crippen molar-refractivity contribution in [1.29, 1.82) is 0 Å². The van der Waals surface area contributed by atoms with Crippen LogP contribution in [0, 0.1) is 0 Å². The Balaban J connectivity index is 1.55. The molecule has 1 aliphatic rings. The number of piperazine rings is 1. The van der Waals surface area contributed by atoms with Crippen LogP contribution >= 0.6 is 0 Å². The van der Waals surface area contributed by atoms with E-state index in [2.05, 4.69) is 27.4 Å². The first-order valence-corrected chi connectivity index (χ1v) is 8.37. The van der Waals surface area contributed by atoms with E-state index in [9.17, 15) is 0 Å². The van der Waals surface area contributed by atoms with Crippen LogP contribution in [0.4, 0.5) is 0 Å². The van der Waals surface area contributed by atoms with Crippen molar-refractivity contribution < 1.29 is 9.26 Å². The van der Waals surface area contributed by atoms with E-state index < -0.39 is 0 Å². The third-order valence-corrected chi connectivity index (χ3v) is 4.31. The average Bonchev–Trinajstić information content (AvgIpc) is 3.13. The van der Waals surface area contributed by atoms with Crippen LogP contribution in [0.2, 0.25) is 0 Å². The molecule has 0 bridgehead atoms. The number of likely N-dealkylation sites (N-methyl/N-ethyl adjacent to an activating group) is 1. The van der Waals surface area contributed by atoms with Crippen LogP contribution in [0.1, 0.15) is 11.9 Å². The first-order chi connectivity index (χ1) is 12.3. The minimum atomic E-state index is 0.134. The second-order valence-corrected chi connectivity index (χ2v) is 6.10. The van der Waals surface area contributed by atoms with Gasteiger partial charge in [-0.05, 0) is 37.4 Å². The lowest BCUT2D eigenvalue weighted by molar-refractivity contribution is 0.190. The zero-order valence-corrected chi connectivity index (χ0v) is 14.1. The van der Waals surface area contributed by atoms with Gasteiger partial charge in [-0.2, -0.15) is 4.98 Å². The molecule has 0 spiro atoms. The molecule has 0 aliphatic carbocycles. The molecule has 1 aliphatic heterocycles. The van der Waals surface area contributed by atoms with Crippen LogP contribution in [0.25, 0.3) is 11.5 Å². The number of hydrogen-bond donors (Lipinski definition) is 1. The van der Waals surface area contributed by atoms with Crippen molar-refractivity contribution in [2.45, 2.75) is 6.04 Å². The zero-order valence-electron chi connectivity index (χ0n) is 14.1. The molecule has 1 saturated heterocycles. The van der Waals surface area contributed by atoms with Crippen molar-refractivity contribution in [3.05, 3.63) is 60.4 Å². The molecule has 6 nitrogen and oxygen atoms in total. The van der Waals surface area contributed by atoms with E-state index in [1.54, 1.807) is 0 Å². The quantitative estimate of drug-likeness (QED) is 0.790.